The van der Waals surface area contributed by atoms with Crippen molar-refractivity contribution in [1.29, 1.82) is 0 Å². The molecule has 118 valence electrons. The third-order valence-corrected chi connectivity index (χ3v) is 4.91. The molecule has 1 aliphatic heterocycles. The average Bonchev–Trinajstić information content (AvgIpc) is 2.44. The number of aryl methyl sites for hydroxylation is 1. The van der Waals surface area contributed by atoms with Crippen LogP contribution in [0, 0.1) is 6.92 Å². The van der Waals surface area contributed by atoms with Gasteiger partial charge in [-0.2, -0.15) is 4.31 Å². The van der Waals surface area contributed by atoms with Crippen LogP contribution in [0.3, 0.4) is 0 Å². The molecular weight excluding hydrogens is 288 g/mol. The summed E-state index contributed by atoms with van der Waals surface area (Å²) in [6.45, 7) is 8.26. The van der Waals surface area contributed by atoms with Crippen molar-refractivity contribution in [3.05, 3.63) is 23.4 Å². The van der Waals surface area contributed by atoms with E-state index in [9.17, 15) is 8.42 Å². The van der Waals surface area contributed by atoms with Gasteiger partial charge in [0.15, 0.2) is 0 Å². The number of nitrogens with zero attached hydrogens (tertiary/aromatic N) is 3. The number of nitrogens with one attached hydrogen (secondary N) is 1. The summed E-state index contributed by atoms with van der Waals surface area (Å²) in [7, 11) is -3.08. The number of rotatable bonds is 5. The van der Waals surface area contributed by atoms with E-state index in [1.807, 2.05) is 6.92 Å². The van der Waals surface area contributed by atoms with Crippen LogP contribution in [-0.2, 0) is 16.6 Å². The number of hydrogen-bond donors (Lipinski definition) is 1. The molecule has 2 heterocycles. The summed E-state index contributed by atoms with van der Waals surface area (Å²) in [5.74, 6) is 0.941. The van der Waals surface area contributed by atoms with E-state index in [1.165, 1.54) is 16.1 Å². The topological polar surface area (TPSA) is 65.5 Å². The third kappa shape index (κ3) is 4.39. The molecule has 21 heavy (non-hydrogen) atoms. The highest BCUT2D eigenvalue weighted by Crippen LogP contribution is 2.18. The summed E-state index contributed by atoms with van der Waals surface area (Å²) in [6, 6.07) is 4.17. The quantitative estimate of drug-likeness (QED) is 0.861. The minimum absolute atomic E-state index is 0.525. The van der Waals surface area contributed by atoms with Crippen LogP contribution in [0.4, 0.5) is 5.82 Å². The molecular formula is C14H24N4O2S. The molecule has 0 bridgehead atoms. The van der Waals surface area contributed by atoms with Crippen LogP contribution >= 0.6 is 0 Å². The highest BCUT2D eigenvalue weighted by atomic mass is 32.2. The van der Waals surface area contributed by atoms with Crippen LogP contribution in [0.1, 0.15) is 18.2 Å². The van der Waals surface area contributed by atoms with Crippen LogP contribution in [0.2, 0.25) is 0 Å². The molecule has 2 rings (SSSR count). The maximum Gasteiger partial charge on any atom is 0.211 e. The Balaban J connectivity index is 2.07. The van der Waals surface area contributed by atoms with Gasteiger partial charge in [-0.3, -0.25) is 0 Å². The van der Waals surface area contributed by atoms with Gasteiger partial charge in [0, 0.05) is 38.4 Å². The van der Waals surface area contributed by atoms with E-state index < -0.39 is 10.0 Å². The Hall–Kier alpha value is -1.18. The van der Waals surface area contributed by atoms with E-state index in [1.54, 1.807) is 0 Å². The van der Waals surface area contributed by atoms with Crippen molar-refractivity contribution in [3.8, 4) is 0 Å². The molecule has 7 heteroatoms. The van der Waals surface area contributed by atoms with Gasteiger partial charge in [0.05, 0.1) is 6.26 Å². The highest BCUT2D eigenvalue weighted by Gasteiger charge is 2.24. The second-order valence-electron chi connectivity index (χ2n) is 5.40. The van der Waals surface area contributed by atoms with Gasteiger partial charge in [-0.25, -0.2) is 13.4 Å². The molecule has 6 nitrogen and oxygen atoms in total. The normalized spacial score (nSPS) is 17.2. The molecule has 0 unspecified atom stereocenters. The minimum atomic E-state index is -3.08. The Morgan fingerprint density at radius 3 is 2.48 bits per heavy atom. The van der Waals surface area contributed by atoms with Gasteiger partial charge >= 0.3 is 0 Å². The van der Waals surface area contributed by atoms with Crippen LogP contribution in [0.15, 0.2) is 12.1 Å². The molecule has 0 amide bonds. The standard InChI is InChI=1S/C14H24N4O2S/c1-4-15-11-13-9-12(2)16-14(10-13)17-5-7-18(8-6-17)21(3,19)20/h9-10,15H,4-8,11H2,1-3H3. The van der Waals surface area contributed by atoms with Crippen molar-refractivity contribution in [1.82, 2.24) is 14.6 Å². The molecule has 0 aromatic carbocycles. The monoisotopic (exact) mass is 312 g/mol. The Morgan fingerprint density at radius 2 is 1.90 bits per heavy atom. The van der Waals surface area contributed by atoms with E-state index in [4.69, 9.17) is 0 Å². The number of aromatic nitrogens is 1. The average molecular weight is 312 g/mol. The molecule has 1 saturated heterocycles. The van der Waals surface area contributed by atoms with Crippen molar-refractivity contribution in [2.75, 3.05) is 43.9 Å². The third-order valence-electron chi connectivity index (χ3n) is 3.61. The lowest BCUT2D eigenvalue weighted by atomic mass is 10.2. The van der Waals surface area contributed by atoms with Crippen molar-refractivity contribution >= 4 is 15.8 Å². The molecule has 1 aromatic heterocycles. The van der Waals surface area contributed by atoms with E-state index in [2.05, 4.69) is 34.3 Å². The second kappa shape index (κ2) is 6.72. The van der Waals surface area contributed by atoms with Gasteiger partial charge in [0.2, 0.25) is 10.0 Å². The van der Waals surface area contributed by atoms with Crippen LogP contribution in [0.5, 0.6) is 0 Å². The maximum atomic E-state index is 11.5. The summed E-state index contributed by atoms with van der Waals surface area (Å²) in [6.07, 6.45) is 1.27. The SMILES string of the molecule is CCNCc1cc(C)nc(N2CCN(S(C)(=O)=O)CC2)c1. The fourth-order valence-electron chi connectivity index (χ4n) is 2.50. The predicted octanol–water partition coefficient (Wildman–Crippen LogP) is 0.581. The first-order chi connectivity index (χ1) is 9.90. The smallest absolute Gasteiger partial charge is 0.211 e. The lowest BCUT2D eigenvalue weighted by Crippen LogP contribution is -2.48. The fourth-order valence-corrected chi connectivity index (χ4v) is 3.33. The summed E-state index contributed by atoms with van der Waals surface area (Å²) in [5, 5.41) is 3.32. The number of anilines is 1. The molecule has 1 aliphatic rings. The molecule has 0 aliphatic carbocycles. The second-order valence-corrected chi connectivity index (χ2v) is 7.39. The van der Waals surface area contributed by atoms with Gasteiger partial charge in [0.1, 0.15) is 5.82 Å². The Labute approximate surface area is 127 Å². The summed E-state index contributed by atoms with van der Waals surface area (Å²) in [4.78, 5) is 6.74. The molecule has 0 saturated carbocycles. The van der Waals surface area contributed by atoms with Crippen LogP contribution in [-0.4, -0.2) is 56.7 Å². The molecule has 0 atom stereocenters. The zero-order chi connectivity index (χ0) is 15.5. The van der Waals surface area contributed by atoms with Crippen molar-refractivity contribution in [2.45, 2.75) is 20.4 Å². The lowest BCUT2D eigenvalue weighted by molar-refractivity contribution is 0.387. The first-order valence-electron chi connectivity index (χ1n) is 7.28. The fraction of sp³-hybridized carbons (Fsp3) is 0.643. The molecule has 1 N–H and O–H groups in total. The molecule has 0 spiro atoms. The molecule has 1 aromatic rings. The lowest BCUT2D eigenvalue weighted by Gasteiger charge is -2.34. The number of hydrogen-bond acceptors (Lipinski definition) is 5. The number of pyridine rings is 1. The van der Waals surface area contributed by atoms with Crippen LogP contribution < -0.4 is 10.2 Å². The zero-order valence-electron chi connectivity index (χ0n) is 13.0. The van der Waals surface area contributed by atoms with E-state index >= 15 is 0 Å². The van der Waals surface area contributed by atoms with E-state index in [0.29, 0.717) is 26.2 Å². The summed E-state index contributed by atoms with van der Waals surface area (Å²) in [5.41, 5.74) is 2.20. The molecule has 0 radical (unpaired) electrons. The summed E-state index contributed by atoms with van der Waals surface area (Å²) < 4.78 is 24.6. The predicted molar refractivity (Wildman–Crippen MR) is 85.0 cm³/mol. The van der Waals surface area contributed by atoms with Gasteiger partial charge in [-0.15, -0.1) is 0 Å². The maximum absolute atomic E-state index is 11.5. The molecule has 1 fully saturated rings. The van der Waals surface area contributed by atoms with Crippen molar-refractivity contribution < 1.29 is 8.42 Å². The highest BCUT2D eigenvalue weighted by molar-refractivity contribution is 7.88. The van der Waals surface area contributed by atoms with E-state index in [-0.39, 0.29) is 0 Å². The Kier molecular flexibility index (Phi) is 5.18. The number of sulfonamides is 1. The van der Waals surface area contributed by atoms with Crippen LogP contribution in [0.25, 0.3) is 0 Å². The van der Waals surface area contributed by atoms with Gasteiger partial charge in [-0.1, -0.05) is 6.92 Å². The zero-order valence-corrected chi connectivity index (χ0v) is 13.8. The number of piperazine rings is 1. The summed E-state index contributed by atoms with van der Waals surface area (Å²) >= 11 is 0. The van der Waals surface area contributed by atoms with Crippen molar-refractivity contribution in [2.24, 2.45) is 0 Å². The Morgan fingerprint density at radius 1 is 1.24 bits per heavy atom. The Bertz CT molecular complexity index is 581. The first-order valence-corrected chi connectivity index (χ1v) is 9.13. The first kappa shape index (κ1) is 16.2. The minimum Gasteiger partial charge on any atom is -0.354 e. The van der Waals surface area contributed by atoms with Gasteiger partial charge in [-0.05, 0) is 31.2 Å². The van der Waals surface area contributed by atoms with Gasteiger partial charge in [0.25, 0.3) is 0 Å². The van der Waals surface area contributed by atoms with E-state index in [0.717, 1.165) is 24.6 Å². The largest absolute Gasteiger partial charge is 0.354 e. The van der Waals surface area contributed by atoms with Gasteiger partial charge < -0.3 is 10.2 Å². The van der Waals surface area contributed by atoms with Crippen molar-refractivity contribution in [3.63, 3.8) is 0 Å².